The maximum absolute atomic E-state index is 2.18. The molecule has 0 aliphatic heterocycles. The Morgan fingerprint density at radius 2 is 2.00 bits per heavy atom. The first-order chi connectivity index (χ1) is 4.22. The lowest BCUT2D eigenvalue weighted by atomic mass is 10.1. The Balaban J connectivity index is 0. The molecule has 0 heteroatoms. The van der Waals surface area contributed by atoms with Crippen molar-refractivity contribution in [3.8, 4) is 0 Å². The molecule has 0 aromatic rings. The Bertz CT molecular complexity index is 132. The van der Waals surface area contributed by atoms with Gasteiger partial charge in [0.05, 0.1) is 0 Å². The van der Waals surface area contributed by atoms with Crippen LogP contribution in [-0.4, -0.2) is 0 Å². The highest BCUT2D eigenvalue weighted by molar-refractivity contribution is 5.21. The van der Waals surface area contributed by atoms with Gasteiger partial charge in [-0.3, -0.25) is 0 Å². The molecule has 0 rings (SSSR count). The quantitative estimate of drug-likeness (QED) is 0.496. The van der Waals surface area contributed by atoms with Crippen LogP contribution in [-0.2, 0) is 0 Å². The summed E-state index contributed by atoms with van der Waals surface area (Å²) < 4.78 is 0. The Labute approximate surface area is 59.8 Å². The van der Waals surface area contributed by atoms with Crippen LogP contribution in [0.2, 0.25) is 0 Å². The second-order valence-electron chi connectivity index (χ2n) is 2.32. The van der Waals surface area contributed by atoms with E-state index in [1.165, 1.54) is 11.1 Å². The summed E-state index contributed by atoms with van der Waals surface area (Å²) in [4.78, 5) is 0. The molecule has 0 fully saturated rings. The predicted molar refractivity (Wildman–Crippen MR) is 45.6 cm³/mol. The van der Waals surface area contributed by atoms with Gasteiger partial charge in [0, 0.05) is 1.43 Å². The average molecular weight is 126 g/mol. The molecule has 0 aromatic heterocycles. The Kier molecular flexibility index (Phi) is 4.12. The van der Waals surface area contributed by atoms with Gasteiger partial charge in [0.2, 0.25) is 0 Å². The smallest absolute Gasteiger partial charge is 0 e. The fourth-order valence-corrected chi connectivity index (χ4v) is 0.671. The van der Waals surface area contributed by atoms with Crippen molar-refractivity contribution >= 4 is 0 Å². The molecule has 0 bridgehead atoms. The fourth-order valence-electron chi connectivity index (χ4n) is 0.671. The predicted octanol–water partition coefficient (Wildman–Crippen LogP) is 3.55. The molecule has 0 unspecified atom stereocenters. The fraction of sp³-hybridized carbons (Fsp3) is 0.556. The summed E-state index contributed by atoms with van der Waals surface area (Å²) in [5.74, 6) is 0. The van der Waals surface area contributed by atoms with E-state index in [2.05, 4.69) is 32.9 Å². The molecule has 0 aromatic carbocycles. The highest BCUT2D eigenvalue weighted by Crippen LogP contribution is 2.07. The minimum absolute atomic E-state index is 0. The number of hydrogen-bond donors (Lipinski definition) is 0. The molecular formula is C9H18. The first-order valence-electron chi connectivity index (χ1n) is 3.51. The molecule has 0 aliphatic rings. The van der Waals surface area contributed by atoms with Crippen LogP contribution in [0.5, 0.6) is 0 Å². The van der Waals surface area contributed by atoms with E-state index in [4.69, 9.17) is 0 Å². The summed E-state index contributed by atoms with van der Waals surface area (Å²) in [5, 5.41) is 0. The summed E-state index contributed by atoms with van der Waals surface area (Å²) in [6.45, 7) is 8.56. The van der Waals surface area contributed by atoms with Gasteiger partial charge in [-0.15, -0.1) is 0 Å². The number of hydrogen-bond acceptors (Lipinski definition) is 0. The van der Waals surface area contributed by atoms with Crippen LogP contribution in [0.25, 0.3) is 0 Å². The van der Waals surface area contributed by atoms with E-state index >= 15 is 0 Å². The Morgan fingerprint density at radius 3 is 2.33 bits per heavy atom. The third-order valence-corrected chi connectivity index (χ3v) is 1.62. The van der Waals surface area contributed by atoms with Gasteiger partial charge in [-0.05, 0) is 27.2 Å². The van der Waals surface area contributed by atoms with Gasteiger partial charge in [0.25, 0.3) is 0 Å². The second kappa shape index (κ2) is 4.37. The van der Waals surface area contributed by atoms with Crippen LogP contribution in [0.15, 0.2) is 23.3 Å². The van der Waals surface area contributed by atoms with E-state index in [9.17, 15) is 0 Å². The molecule has 0 nitrogen and oxygen atoms in total. The van der Waals surface area contributed by atoms with Crippen molar-refractivity contribution in [3.05, 3.63) is 23.3 Å². The van der Waals surface area contributed by atoms with Gasteiger partial charge in [0.15, 0.2) is 0 Å². The van der Waals surface area contributed by atoms with E-state index in [0.29, 0.717) is 0 Å². The lowest BCUT2D eigenvalue weighted by Gasteiger charge is -1.97. The zero-order chi connectivity index (χ0) is 7.28. The Hall–Kier alpha value is -0.520. The molecule has 0 saturated carbocycles. The molecular weight excluding hydrogens is 108 g/mol. The van der Waals surface area contributed by atoms with E-state index in [0.717, 1.165) is 6.42 Å². The normalized spacial score (nSPS) is 14.2. The molecule has 0 spiro atoms. The first kappa shape index (κ1) is 8.48. The van der Waals surface area contributed by atoms with Crippen molar-refractivity contribution in [1.82, 2.24) is 0 Å². The van der Waals surface area contributed by atoms with Gasteiger partial charge < -0.3 is 0 Å². The molecule has 0 N–H and O–H groups in total. The minimum Gasteiger partial charge on any atom is -0.0874 e. The van der Waals surface area contributed by atoms with Crippen molar-refractivity contribution in [2.24, 2.45) is 0 Å². The number of allylic oxidation sites excluding steroid dienone is 4. The van der Waals surface area contributed by atoms with E-state index in [1.807, 2.05) is 6.92 Å². The van der Waals surface area contributed by atoms with Crippen molar-refractivity contribution in [2.75, 3.05) is 0 Å². The molecule has 0 saturated heterocycles. The monoisotopic (exact) mass is 126 g/mol. The molecule has 0 radical (unpaired) electrons. The zero-order valence-electron chi connectivity index (χ0n) is 6.86. The molecule has 9 heavy (non-hydrogen) atoms. The maximum Gasteiger partial charge on any atom is 0 e. The zero-order valence-corrected chi connectivity index (χ0v) is 6.86. The lowest BCUT2D eigenvalue weighted by molar-refractivity contribution is 1.07. The summed E-state index contributed by atoms with van der Waals surface area (Å²) in [6, 6.07) is 0. The summed E-state index contributed by atoms with van der Waals surface area (Å²) in [5.41, 5.74) is 2.88. The molecule has 0 aliphatic carbocycles. The van der Waals surface area contributed by atoms with Crippen LogP contribution >= 0.6 is 0 Å². The topological polar surface area (TPSA) is 0 Å². The van der Waals surface area contributed by atoms with Gasteiger partial charge in [0.1, 0.15) is 0 Å². The highest BCUT2D eigenvalue weighted by atomic mass is 13.9. The van der Waals surface area contributed by atoms with Gasteiger partial charge in [-0.1, -0.05) is 30.2 Å². The largest absolute Gasteiger partial charge is 0.0874 e. The summed E-state index contributed by atoms with van der Waals surface area (Å²) in [7, 11) is 0. The maximum atomic E-state index is 2.18. The average Bonchev–Trinajstić information content (AvgIpc) is 1.87. The standard InChI is InChI=1S/C9H16.H2/c1-5-7-9(4)8(3)6-2;/h5,7H,6H2,1-4H3;1H/b7-5-,9-8-;. The molecule has 0 heterocycles. The van der Waals surface area contributed by atoms with Crippen molar-refractivity contribution in [2.45, 2.75) is 34.1 Å². The Morgan fingerprint density at radius 1 is 1.44 bits per heavy atom. The lowest BCUT2D eigenvalue weighted by Crippen LogP contribution is -1.76. The summed E-state index contributed by atoms with van der Waals surface area (Å²) >= 11 is 0. The van der Waals surface area contributed by atoms with Crippen LogP contribution in [0.1, 0.15) is 35.5 Å². The van der Waals surface area contributed by atoms with E-state index in [1.54, 1.807) is 0 Å². The van der Waals surface area contributed by atoms with E-state index < -0.39 is 0 Å². The first-order valence-corrected chi connectivity index (χ1v) is 3.51. The third-order valence-electron chi connectivity index (χ3n) is 1.62. The van der Waals surface area contributed by atoms with Gasteiger partial charge in [-0.2, -0.15) is 0 Å². The van der Waals surface area contributed by atoms with Gasteiger partial charge in [-0.25, -0.2) is 0 Å². The third kappa shape index (κ3) is 3.12. The second-order valence-corrected chi connectivity index (χ2v) is 2.32. The highest BCUT2D eigenvalue weighted by Gasteiger charge is 1.86. The van der Waals surface area contributed by atoms with Crippen molar-refractivity contribution in [3.63, 3.8) is 0 Å². The molecule has 0 amide bonds. The van der Waals surface area contributed by atoms with Crippen LogP contribution in [0.3, 0.4) is 0 Å². The van der Waals surface area contributed by atoms with Crippen LogP contribution in [0.4, 0.5) is 0 Å². The number of rotatable bonds is 2. The van der Waals surface area contributed by atoms with Crippen molar-refractivity contribution < 1.29 is 1.43 Å². The molecule has 54 valence electrons. The SMILES string of the molecule is C/C=C\C(C)=C(\C)CC.[HH]. The minimum atomic E-state index is 0. The molecule has 0 atom stereocenters. The van der Waals surface area contributed by atoms with E-state index in [-0.39, 0.29) is 1.43 Å². The van der Waals surface area contributed by atoms with Crippen LogP contribution in [0, 0.1) is 0 Å². The van der Waals surface area contributed by atoms with Crippen LogP contribution < -0.4 is 0 Å². The van der Waals surface area contributed by atoms with Gasteiger partial charge >= 0.3 is 0 Å². The summed E-state index contributed by atoms with van der Waals surface area (Å²) in [6.07, 6.45) is 5.39. The van der Waals surface area contributed by atoms with Crippen molar-refractivity contribution in [1.29, 1.82) is 0 Å².